The van der Waals surface area contributed by atoms with E-state index < -0.39 is 17.6 Å². The maximum atomic E-state index is 13.0. The zero-order valence-electron chi connectivity index (χ0n) is 14.5. The maximum absolute atomic E-state index is 13.0. The first kappa shape index (κ1) is 18.0. The van der Waals surface area contributed by atoms with Crippen LogP contribution in [0.3, 0.4) is 0 Å². The molecule has 0 aliphatic carbocycles. The summed E-state index contributed by atoms with van der Waals surface area (Å²) >= 11 is 0. The molecule has 0 saturated heterocycles. The quantitative estimate of drug-likeness (QED) is 0.663. The molecule has 1 aliphatic heterocycles. The van der Waals surface area contributed by atoms with Crippen molar-refractivity contribution in [2.75, 3.05) is 18.1 Å². The lowest BCUT2D eigenvalue weighted by Gasteiger charge is -2.21. The average Bonchev–Trinajstić information content (AvgIpc) is 2.86. The summed E-state index contributed by atoms with van der Waals surface area (Å²) in [4.78, 5) is 22.7. The summed E-state index contributed by atoms with van der Waals surface area (Å²) in [7, 11) is 0. The van der Waals surface area contributed by atoms with Crippen LogP contribution in [0.5, 0.6) is 5.88 Å². The van der Waals surface area contributed by atoms with Gasteiger partial charge in [0, 0.05) is 17.4 Å². The molecule has 8 heteroatoms. The first-order valence-electron chi connectivity index (χ1n) is 8.48. The standard InChI is InChI=1S/C20H14F3N3O2/c21-20(22,23)14-7-4-8-15(11-14)26-9-10-28-18-16(19(26)27)12-24-17(25-18)13-5-2-1-3-6-13/h1-8,11-12H,9-10H2. The number of fused-ring (bicyclic) bond motifs is 1. The molecule has 2 heterocycles. The van der Waals surface area contributed by atoms with Crippen molar-refractivity contribution in [1.82, 2.24) is 9.97 Å². The Kier molecular flexibility index (Phi) is 4.46. The number of alkyl halides is 3. The second kappa shape index (κ2) is 6.95. The molecular formula is C20H14F3N3O2. The minimum Gasteiger partial charge on any atom is -0.475 e. The topological polar surface area (TPSA) is 55.3 Å². The van der Waals surface area contributed by atoms with Crippen LogP contribution < -0.4 is 9.64 Å². The number of halogens is 3. The van der Waals surface area contributed by atoms with Gasteiger partial charge in [0.15, 0.2) is 5.82 Å². The van der Waals surface area contributed by atoms with Crippen LogP contribution in [-0.2, 0) is 6.18 Å². The van der Waals surface area contributed by atoms with Crippen LogP contribution in [0.25, 0.3) is 11.4 Å². The molecule has 142 valence electrons. The van der Waals surface area contributed by atoms with Crippen LogP contribution >= 0.6 is 0 Å². The van der Waals surface area contributed by atoms with Gasteiger partial charge in [0.1, 0.15) is 12.2 Å². The Balaban J connectivity index is 1.70. The molecule has 3 aromatic rings. The zero-order chi connectivity index (χ0) is 19.7. The highest BCUT2D eigenvalue weighted by Gasteiger charge is 2.32. The van der Waals surface area contributed by atoms with Crippen LogP contribution in [0.15, 0.2) is 60.8 Å². The molecular weight excluding hydrogens is 371 g/mol. The van der Waals surface area contributed by atoms with Gasteiger partial charge in [0.2, 0.25) is 5.88 Å². The lowest BCUT2D eigenvalue weighted by atomic mass is 10.1. The zero-order valence-corrected chi connectivity index (χ0v) is 14.5. The van der Waals surface area contributed by atoms with Crippen LogP contribution in [-0.4, -0.2) is 29.0 Å². The number of carbonyl (C=O) groups excluding carboxylic acids is 1. The number of hydrogen-bond acceptors (Lipinski definition) is 4. The summed E-state index contributed by atoms with van der Waals surface area (Å²) in [6.45, 7) is 0.192. The van der Waals surface area contributed by atoms with Crippen molar-refractivity contribution >= 4 is 11.6 Å². The second-order valence-corrected chi connectivity index (χ2v) is 6.13. The van der Waals surface area contributed by atoms with Crippen LogP contribution in [0, 0.1) is 0 Å². The van der Waals surface area contributed by atoms with E-state index in [9.17, 15) is 18.0 Å². The lowest BCUT2D eigenvalue weighted by Crippen LogP contribution is -2.32. The van der Waals surface area contributed by atoms with E-state index in [1.807, 2.05) is 30.3 Å². The molecule has 0 unspecified atom stereocenters. The molecule has 2 aromatic carbocycles. The van der Waals surface area contributed by atoms with Gasteiger partial charge < -0.3 is 9.64 Å². The number of carbonyl (C=O) groups is 1. The number of aromatic nitrogens is 2. The molecule has 0 spiro atoms. The summed E-state index contributed by atoms with van der Waals surface area (Å²) in [5.74, 6) is 0.0134. The van der Waals surface area contributed by atoms with Gasteiger partial charge in [-0.2, -0.15) is 18.2 Å². The molecule has 1 aromatic heterocycles. The Morgan fingerprint density at radius 3 is 2.57 bits per heavy atom. The Morgan fingerprint density at radius 1 is 1.04 bits per heavy atom. The number of hydrogen-bond donors (Lipinski definition) is 0. The molecule has 1 amide bonds. The summed E-state index contributed by atoms with van der Waals surface area (Å²) in [6, 6.07) is 13.8. The van der Waals surface area contributed by atoms with Gasteiger partial charge in [-0.25, -0.2) is 4.98 Å². The lowest BCUT2D eigenvalue weighted by molar-refractivity contribution is -0.137. The number of nitrogens with zero attached hydrogens (tertiary/aromatic N) is 3. The third kappa shape index (κ3) is 3.40. The van der Waals surface area contributed by atoms with Gasteiger partial charge in [0.05, 0.1) is 12.1 Å². The van der Waals surface area contributed by atoms with Gasteiger partial charge >= 0.3 is 6.18 Å². The first-order chi connectivity index (χ1) is 13.4. The van der Waals surface area contributed by atoms with E-state index in [0.717, 1.165) is 17.7 Å². The van der Waals surface area contributed by atoms with Gasteiger partial charge in [-0.15, -0.1) is 0 Å². The molecule has 4 rings (SSSR count). The molecule has 0 fully saturated rings. The summed E-state index contributed by atoms with van der Waals surface area (Å²) in [6.07, 6.45) is -3.15. The fourth-order valence-electron chi connectivity index (χ4n) is 2.93. The fraction of sp³-hybridized carbons (Fsp3) is 0.150. The monoisotopic (exact) mass is 385 g/mol. The van der Waals surface area contributed by atoms with Crippen molar-refractivity contribution in [2.24, 2.45) is 0 Å². The Bertz CT molecular complexity index is 1020. The minimum atomic E-state index is -4.49. The summed E-state index contributed by atoms with van der Waals surface area (Å²) in [5, 5.41) is 0. The van der Waals surface area contributed by atoms with Gasteiger partial charge in [-0.1, -0.05) is 36.4 Å². The molecule has 0 radical (unpaired) electrons. The molecule has 1 aliphatic rings. The smallest absolute Gasteiger partial charge is 0.416 e. The Morgan fingerprint density at radius 2 is 1.82 bits per heavy atom. The second-order valence-electron chi connectivity index (χ2n) is 6.13. The maximum Gasteiger partial charge on any atom is 0.416 e. The average molecular weight is 385 g/mol. The van der Waals surface area contributed by atoms with Crippen molar-refractivity contribution in [3.63, 3.8) is 0 Å². The van der Waals surface area contributed by atoms with E-state index in [-0.39, 0.29) is 30.3 Å². The van der Waals surface area contributed by atoms with Crippen LogP contribution in [0.2, 0.25) is 0 Å². The largest absolute Gasteiger partial charge is 0.475 e. The van der Waals surface area contributed by atoms with Gasteiger partial charge in [-0.3, -0.25) is 4.79 Å². The van der Waals surface area contributed by atoms with Crippen molar-refractivity contribution in [1.29, 1.82) is 0 Å². The molecule has 28 heavy (non-hydrogen) atoms. The third-order valence-corrected chi connectivity index (χ3v) is 4.30. The predicted molar refractivity (Wildman–Crippen MR) is 96.1 cm³/mol. The van der Waals surface area contributed by atoms with Crippen molar-refractivity contribution in [3.05, 3.63) is 71.9 Å². The molecule has 0 bridgehead atoms. The molecule has 0 N–H and O–H groups in total. The number of ether oxygens (including phenoxy) is 1. The van der Waals surface area contributed by atoms with E-state index >= 15 is 0 Å². The van der Waals surface area contributed by atoms with Gasteiger partial charge in [0.25, 0.3) is 5.91 Å². The van der Waals surface area contributed by atoms with E-state index in [4.69, 9.17) is 4.74 Å². The fourth-order valence-corrected chi connectivity index (χ4v) is 2.93. The van der Waals surface area contributed by atoms with Gasteiger partial charge in [-0.05, 0) is 18.2 Å². The predicted octanol–water partition coefficient (Wildman–Crippen LogP) is 4.20. The first-order valence-corrected chi connectivity index (χ1v) is 8.48. The number of rotatable bonds is 2. The van der Waals surface area contributed by atoms with Crippen molar-refractivity contribution < 1.29 is 22.7 Å². The molecule has 0 saturated carbocycles. The third-order valence-electron chi connectivity index (χ3n) is 4.30. The van der Waals surface area contributed by atoms with E-state index in [1.54, 1.807) is 0 Å². The minimum absolute atomic E-state index is 0.0944. The summed E-state index contributed by atoms with van der Waals surface area (Å²) < 4.78 is 44.6. The highest BCUT2D eigenvalue weighted by molar-refractivity contribution is 6.07. The SMILES string of the molecule is O=C1c2cnc(-c3ccccc3)nc2OCCN1c1cccc(C(F)(F)F)c1. The van der Waals surface area contributed by atoms with Crippen molar-refractivity contribution in [2.45, 2.75) is 6.18 Å². The highest BCUT2D eigenvalue weighted by Crippen LogP contribution is 2.33. The number of anilines is 1. The normalized spacial score (nSPS) is 14.2. The highest BCUT2D eigenvalue weighted by atomic mass is 19.4. The van der Waals surface area contributed by atoms with Crippen LogP contribution in [0.1, 0.15) is 15.9 Å². The van der Waals surface area contributed by atoms with E-state index in [1.165, 1.54) is 23.2 Å². The molecule has 5 nitrogen and oxygen atoms in total. The Labute approximate surface area is 158 Å². The Hall–Kier alpha value is -3.42. The summed E-state index contributed by atoms with van der Waals surface area (Å²) in [5.41, 5.74) is 0.192. The van der Waals surface area contributed by atoms with E-state index in [0.29, 0.717) is 5.82 Å². The van der Waals surface area contributed by atoms with Crippen LogP contribution in [0.4, 0.5) is 18.9 Å². The van der Waals surface area contributed by atoms with E-state index in [2.05, 4.69) is 9.97 Å². The number of amides is 1. The molecule has 0 atom stereocenters. The number of benzene rings is 2. The van der Waals surface area contributed by atoms with Crippen molar-refractivity contribution in [3.8, 4) is 17.3 Å².